The van der Waals surface area contributed by atoms with Crippen LogP contribution in [-0.2, 0) is 32.0 Å². The van der Waals surface area contributed by atoms with E-state index in [0.717, 1.165) is 17.3 Å². The van der Waals surface area contributed by atoms with Gasteiger partial charge in [0.15, 0.2) is 23.2 Å². The number of halogens is 5. The molecule has 0 aliphatic carbocycles. The zero-order valence-corrected chi connectivity index (χ0v) is 25.6. The minimum absolute atomic E-state index is 0.00951. The molecule has 5 rings (SSSR count). The van der Waals surface area contributed by atoms with E-state index in [4.69, 9.17) is 11.6 Å². The Labute approximate surface area is 273 Å². The van der Waals surface area contributed by atoms with Crippen LogP contribution in [0.2, 0.25) is 5.02 Å². The van der Waals surface area contributed by atoms with Gasteiger partial charge in [-0.25, -0.2) is 8.78 Å². The molecule has 2 aliphatic rings. The maximum atomic E-state index is 14.0. The van der Waals surface area contributed by atoms with Crippen molar-refractivity contribution in [2.75, 3.05) is 11.5 Å². The molecule has 0 saturated heterocycles. The largest absolute Gasteiger partial charge is 0.481 e. The summed E-state index contributed by atoms with van der Waals surface area (Å²) < 4.78 is 59.8. The van der Waals surface area contributed by atoms with Gasteiger partial charge in [0.25, 0.3) is 5.24 Å². The Morgan fingerprint density at radius 2 is 1.68 bits per heavy atom. The summed E-state index contributed by atoms with van der Waals surface area (Å²) in [6.07, 6.45) is -0.417. The minimum atomic E-state index is -1.91. The van der Waals surface area contributed by atoms with Crippen LogP contribution in [0.5, 0.6) is 5.75 Å². The molecule has 47 heavy (non-hydrogen) atoms. The third-order valence-electron chi connectivity index (χ3n) is 7.54. The number of ketones is 1. The summed E-state index contributed by atoms with van der Waals surface area (Å²) in [6, 6.07) is 7.50. The molecule has 2 heterocycles. The van der Waals surface area contributed by atoms with Crippen molar-refractivity contribution in [3.63, 3.8) is 0 Å². The Morgan fingerprint density at radius 1 is 1.02 bits per heavy atom. The summed E-state index contributed by atoms with van der Waals surface area (Å²) in [5, 5.41) is 14.3. The van der Waals surface area contributed by atoms with Crippen LogP contribution in [-0.4, -0.2) is 58.6 Å². The second-order valence-corrected chi connectivity index (χ2v) is 12.1. The van der Waals surface area contributed by atoms with Gasteiger partial charge in [0.1, 0.15) is 24.7 Å². The molecule has 0 aromatic heterocycles. The van der Waals surface area contributed by atoms with Gasteiger partial charge in [-0.2, -0.15) is 8.78 Å². The number of carbonyl (C=O) groups excluding carboxylic acids is 4. The van der Waals surface area contributed by atoms with Crippen molar-refractivity contribution in [3.05, 3.63) is 87.9 Å². The lowest BCUT2D eigenvalue weighted by Gasteiger charge is -2.29. The van der Waals surface area contributed by atoms with E-state index in [0.29, 0.717) is 27.6 Å². The van der Waals surface area contributed by atoms with Gasteiger partial charge in [0.05, 0.1) is 12.1 Å². The molecule has 3 N–H and O–H groups in total. The fraction of sp³-hybridized carbons (Fsp3) is 0.258. The van der Waals surface area contributed by atoms with E-state index in [1.807, 2.05) is 0 Å². The van der Waals surface area contributed by atoms with E-state index in [1.54, 1.807) is 42.5 Å². The summed E-state index contributed by atoms with van der Waals surface area (Å²) in [5.74, 6) is -13.2. The number of carbonyl (C=O) groups is 5. The van der Waals surface area contributed by atoms with Crippen molar-refractivity contribution >= 4 is 57.9 Å². The normalized spacial score (nSPS) is 17.4. The summed E-state index contributed by atoms with van der Waals surface area (Å²) in [5.41, 5.74) is 1.82. The smallest absolute Gasteiger partial charge is 0.305 e. The number of carboxylic acid groups (broad SMARTS) is 1. The third kappa shape index (κ3) is 7.36. The number of ether oxygens (including phenoxy) is 1. The summed E-state index contributed by atoms with van der Waals surface area (Å²) >= 11 is 6.74. The van der Waals surface area contributed by atoms with Crippen LogP contribution in [0.3, 0.4) is 0 Å². The molecule has 0 saturated carbocycles. The van der Waals surface area contributed by atoms with Crippen LogP contribution in [0.1, 0.15) is 24.0 Å². The molecule has 0 fully saturated rings. The number of aliphatic carboxylic acids is 1. The molecule has 0 bridgehead atoms. The van der Waals surface area contributed by atoms with E-state index in [-0.39, 0.29) is 18.9 Å². The number of thioether (sulfide) groups is 1. The highest BCUT2D eigenvalue weighted by Gasteiger charge is 2.45. The highest BCUT2D eigenvalue weighted by molar-refractivity contribution is 8.13. The zero-order chi connectivity index (χ0) is 34.0. The van der Waals surface area contributed by atoms with Crippen LogP contribution >= 0.6 is 23.4 Å². The van der Waals surface area contributed by atoms with Crippen molar-refractivity contribution in [1.82, 2.24) is 10.6 Å². The van der Waals surface area contributed by atoms with Gasteiger partial charge in [0.2, 0.25) is 23.4 Å². The van der Waals surface area contributed by atoms with Gasteiger partial charge in [0, 0.05) is 22.4 Å². The van der Waals surface area contributed by atoms with Crippen molar-refractivity contribution < 1.29 is 51.4 Å². The summed E-state index contributed by atoms with van der Waals surface area (Å²) in [4.78, 5) is 66.6. The van der Waals surface area contributed by atoms with E-state index < -0.39 is 89.0 Å². The number of aryl methyl sites for hydroxylation is 1. The van der Waals surface area contributed by atoms with Crippen molar-refractivity contribution in [2.24, 2.45) is 0 Å². The van der Waals surface area contributed by atoms with Gasteiger partial charge in [-0.05, 0) is 60.0 Å². The maximum Gasteiger partial charge on any atom is 0.305 e. The summed E-state index contributed by atoms with van der Waals surface area (Å²) in [6.45, 7) is -1.26. The standard InChI is InChI=1S/C31H24ClF4N3O7S/c32-16-5-7-17(8-6-16)47-31(45)38-20-9-4-14-2-1-3-15-10-22(39(27(14)15)30(20)44)29(43)37-21(12-24(41)42)23(40)13-46-28-25(35)18(33)11-19(34)26(28)36/h1-3,5-8,11,20-22H,4,9-10,12-13H2,(H,37,43)(H,38,45)(H,41,42). The average molecular weight is 694 g/mol. The predicted molar refractivity (Wildman–Crippen MR) is 160 cm³/mol. The number of Topliss-reactive ketones (excluding diaryl/α,β-unsaturated/α-hetero) is 1. The first kappa shape index (κ1) is 33.7. The van der Waals surface area contributed by atoms with Gasteiger partial charge in [-0.3, -0.25) is 28.9 Å². The fourth-order valence-corrected chi connectivity index (χ4v) is 6.18. The number of nitrogens with one attached hydrogen (secondary N) is 2. The molecular weight excluding hydrogens is 670 g/mol. The number of hydrogen-bond donors (Lipinski definition) is 3. The van der Waals surface area contributed by atoms with Crippen LogP contribution in [0.4, 0.5) is 28.0 Å². The summed E-state index contributed by atoms with van der Waals surface area (Å²) in [7, 11) is 0. The SMILES string of the molecule is O=C(O)CC(NC(=O)C1Cc2cccc3c2N1C(=O)C(NC(=O)Sc1ccc(Cl)cc1)CC3)C(=O)COc1c(F)c(F)cc(F)c1F. The van der Waals surface area contributed by atoms with Gasteiger partial charge in [-0.1, -0.05) is 29.8 Å². The lowest BCUT2D eigenvalue weighted by atomic mass is 10.0. The van der Waals surface area contributed by atoms with Crippen LogP contribution in [0, 0.1) is 23.3 Å². The molecular formula is C31H24ClF4N3O7S. The number of benzene rings is 3. The molecule has 246 valence electrons. The molecule has 3 amide bonds. The number of carboxylic acids is 1. The second kappa shape index (κ2) is 14.0. The van der Waals surface area contributed by atoms with E-state index in [2.05, 4.69) is 15.4 Å². The Morgan fingerprint density at radius 3 is 2.34 bits per heavy atom. The molecule has 16 heteroatoms. The quantitative estimate of drug-likeness (QED) is 0.159. The Kier molecular flexibility index (Phi) is 10.1. The minimum Gasteiger partial charge on any atom is -0.481 e. The predicted octanol–water partition coefficient (Wildman–Crippen LogP) is 4.58. The highest BCUT2D eigenvalue weighted by Crippen LogP contribution is 2.39. The lowest BCUT2D eigenvalue weighted by molar-refractivity contribution is -0.140. The Bertz CT molecular complexity index is 1750. The van der Waals surface area contributed by atoms with Gasteiger partial charge < -0.3 is 20.5 Å². The third-order valence-corrected chi connectivity index (χ3v) is 8.60. The molecule has 3 aromatic carbocycles. The van der Waals surface area contributed by atoms with Gasteiger partial charge >= 0.3 is 5.97 Å². The van der Waals surface area contributed by atoms with Crippen LogP contribution < -0.4 is 20.3 Å². The van der Waals surface area contributed by atoms with Crippen LogP contribution in [0.25, 0.3) is 0 Å². The van der Waals surface area contributed by atoms with Crippen molar-refractivity contribution in [1.29, 1.82) is 0 Å². The first-order chi connectivity index (χ1) is 22.3. The van der Waals surface area contributed by atoms with Crippen LogP contribution in [0.15, 0.2) is 53.4 Å². The number of para-hydroxylation sites is 1. The average Bonchev–Trinajstić information content (AvgIpc) is 3.36. The molecule has 10 nitrogen and oxygen atoms in total. The molecule has 0 spiro atoms. The molecule has 3 atom stereocenters. The maximum absolute atomic E-state index is 14.0. The Balaban J connectivity index is 1.33. The molecule has 0 radical (unpaired) electrons. The topological polar surface area (TPSA) is 142 Å². The fourth-order valence-electron chi connectivity index (χ4n) is 5.37. The molecule has 3 aromatic rings. The number of anilines is 1. The Hall–Kier alpha value is -4.63. The van der Waals surface area contributed by atoms with Gasteiger partial charge in [-0.15, -0.1) is 0 Å². The van der Waals surface area contributed by atoms with Crippen molar-refractivity contribution in [3.8, 4) is 5.75 Å². The highest BCUT2D eigenvalue weighted by atomic mass is 35.5. The number of amides is 3. The van der Waals surface area contributed by atoms with E-state index in [9.17, 15) is 46.6 Å². The number of nitrogens with zero attached hydrogens (tertiary/aromatic N) is 1. The monoisotopic (exact) mass is 693 g/mol. The van der Waals surface area contributed by atoms with E-state index >= 15 is 0 Å². The first-order valence-corrected chi connectivity index (χ1v) is 15.2. The number of hydrogen-bond acceptors (Lipinski definition) is 7. The first-order valence-electron chi connectivity index (χ1n) is 14.0. The lowest BCUT2D eigenvalue weighted by Crippen LogP contribution is -2.56. The number of rotatable bonds is 10. The van der Waals surface area contributed by atoms with E-state index in [1.165, 1.54) is 4.90 Å². The molecule has 2 aliphatic heterocycles. The second-order valence-electron chi connectivity index (χ2n) is 10.6. The molecule has 3 unspecified atom stereocenters. The van der Waals surface area contributed by atoms with Crippen molar-refractivity contribution in [2.45, 2.75) is 48.7 Å². The zero-order valence-electron chi connectivity index (χ0n) is 24.0.